The van der Waals surface area contributed by atoms with Crippen molar-refractivity contribution in [3.05, 3.63) is 0 Å². The summed E-state index contributed by atoms with van der Waals surface area (Å²) in [6.45, 7) is 3.74. The van der Waals surface area contributed by atoms with Gasteiger partial charge in [-0.2, -0.15) is 11.8 Å². The third-order valence-corrected chi connectivity index (χ3v) is 4.23. The summed E-state index contributed by atoms with van der Waals surface area (Å²) in [5.74, 6) is 2.08. The van der Waals surface area contributed by atoms with Crippen LogP contribution in [0.25, 0.3) is 0 Å². The molecular formula is C15H32N2OS. The molecule has 0 aliphatic heterocycles. The summed E-state index contributed by atoms with van der Waals surface area (Å²) in [6.07, 6.45) is 10.9. The molecule has 0 radical (unpaired) electrons. The van der Waals surface area contributed by atoms with Crippen molar-refractivity contribution in [1.29, 1.82) is 0 Å². The summed E-state index contributed by atoms with van der Waals surface area (Å²) in [4.78, 5) is 11.7. The van der Waals surface area contributed by atoms with Crippen LogP contribution in [0.1, 0.15) is 58.3 Å². The number of nitrogens with one attached hydrogen (secondary N) is 1. The zero-order valence-corrected chi connectivity index (χ0v) is 13.6. The molecule has 0 spiro atoms. The van der Waals surface area contributed by atoms with Gasteiger partial charge in [0.2, 0.25) is 5.91 Å². The van der Waals surface area contributed by atoms with E-state index >= 15 is 0 Å². The first-order valence-corrected chi connectivity index (χ1v) is 9.09. The van der Waals surface area contributed by atoms with Crippen LogP contribution in [0.15, 0.2) is 0 Å². The molecule has 19 heavy (non-hydrogen) atoms. The molecule has 0 bridgehead atoms. The van der Waals surface area contributed by atoms with Crippen LogP contribution in [0.4, 0.5) is 0 Å². The van der Waals surface area contributed by atoms with Crippen molar-refractivity contribution in [2.45, 2.75) is 58.3 Å². The second kappa shape index (κ2) is 14.2. The van der Waals surface area contributed by atoms with Gasteiger partial charge in [0.15, 0.2) is 0 Å². The summed E-state index contributed by atoms with van der Waals surface area (Å²) in [6, 6.07) is 0. The summed E-state index contributed by atoms with van der Waals surface area (Å²) < 4.78 is 0. The van der Waals surface area contributed by atoms with Crippen LogP contribution in [-0.4, -0.2) is 31.0 Å². The van der Waals surface area contributed by atoms with Gasteiger partial charge in [0.05, 0.1) is 0 Å². The minimum atomic E-state index is 0.208. The third kappa shape index (κ3) is 12.6. The van der Waals surface area contributed by atoms with Crippen molar-refractivity contribution < 1.29 is 4.79 Å². The lowest BCUT2D eigenvalue weighted by Gasteiger charge is -2.13. The third-order valence-electron chi connectivity index (χ3n) is 3.53. The van der Waals surface area contributed by atoms with Gasteiger partial charge in [-0.1, -0.05) is 26.2 Å². The Hall–Kier alpha value is -0.220. The Labute approximate surface area is 123 Å². The predicted molar refractivity (Wildman–Crippen MR) is 86.5 cm³/mol. The lowest BCUT2D eigenvalue weighted by atomic mass is 9.96. The van der Waals surface area contributed by atoms with E-state index in [4.69, 9.17) is 5.73 Å². The van der Waals surface area contributed by atoms with Crippen molar-refractivity contribution in [3.63, 3.8) is 0 Å². The van der Waals surface area contributed by atoms with Crippen molar-refractivity contribution in [2.24, 2.45) is 11.7 Å². The molecule has 0 heterocycles. The molecule has 1 atom stereocenters. The molecule has 3 nitrogen and oxygen atoms in total. The molecule has 4 heteroatoms. The summed E-state index contributed by atoms with van der Waals surface area (Å²) >= 11 is 1.91. The van der Waals surface area contributed by atoms with Gasteiger partial charge in [-0.15, -0.1) is 0 Å². The predicted octanol–water partition coefficient (Wildman–Crippen LogP) is 3.18. The average molecular weight is 289 g/mol. The quantitative estimate of drug-likeness (QED) is 0.512. The van der Waals surface area contributed by atoms with Gasteiger partial charge >= 0.3 is 0 Å². The summed E-state index contributed by atoms with van der Waals surface area (Å²) in [5, 5.41) is 3.02. The first kappa shape index (κ1) is 18.8. The number of hydrogen-bond acceptors (Lipinski definition) is 3. The van der Waals surface area contributed by atoms with Gasteiger partial charge in [0, 0.05) is 13.0 Å². The van der Waals surface area contributed by atoms with Crippen LogP contribution in [0, 0.1) is 5.92 Å². The molecule has 0 saturated carbocycles. The number of unbranched alkanes of at least 4 members (excludes halogenated alkanes) is 3. The minimum absolute atomic E-state index is 0.208. The molecule has 0 aromatic carbocycles. The molecule has 0 aliphatic rings. The van der Waals surface area contributed by atoms with Crippen molar-refractivity contribution >= 4 is 17.7 Å². The number of rotatable bonds is 13. The molecule has 1 unspecified atom stereocenters. The highest BCUT2D eigenvalue weighted by atomic mass is 32.2. The van der Waals surface area contributed by atoms with Gasteiger partial charge in [0.25, 0.3) is 0 Å². The minimum Gasteiger partial charge on any atom is -0.356 e. The van der Waals surface area contributed by atoms with Crippen LogP contribution in [0.5, 0.6) is 0 Å². The normalized spacial score (nSPS) is 12.4. The molecule has 1 amide bonds. The number of nitrogens with two attached hydrogens (primary N) is 1. The second-order valence-corrected chi connectivity index (χ2v) is 6.13. The average Bonchev–Trinajstić information content (AvgIpc) is 2.42. The Bertz CT molecular complexity index is 212. The van der Waals surface area contributed by atoms with Crippen LogP contribution in [0.3, 0.4) is 0 Å². The first-order chi connectivity index (χ1) is 9.24. The van der Waals surface area contributed by atoms with Gasteiger partial charge < -0.3 is 11.1 Å². The molecule has 114 valence electrons. The Morgan fingerprint density at radius 3 is 2.58 bits per heavy atom. The van der Waals surface area contributed by atoms with E-state index in [0.29, 0.717) is 12.3 Å². The monoisotopic (exact) mass is 288 g/mol. The van der Waals surface area contributed by atoms with E-state index in [-0.39, 0.29) is 5.91 Å². The SMILES string of the molecule is CCC(CCN)CCC(=O)NCCCCCCSC. The van der Waals surface area contributed by atoms with Gasteiger partial charge in [-0.05, 0) is 50.2 Å². The van der Waals surface area contributed by atoms with E-state index < -0.39 is 0 Å². The largest absolute Gasteiger partial charge is 0.356 e. The van der Waals surface area contributed by atoms with E-state index in [1.165, 1.54) is 25.0 Å². The fourth-order valence-corrected chi connectivity index (χ4v) is 2.66. The maximum absolute atomic E-state index is 11.7. The number of carbonyl (C=O) groups is 1. The van der Waals surface area contributed by atoms with Crippen LogP contribution in [0.2, 0.25) is 0 Å². The number of hydrogen-bond donors (Lipinski definition) is 2. The zero-order valence-electron chi connectivity index (χ0n) is 12.7. The molecular weight excluding hydrogens is 256 g/mol. The van der Waals surface area contributed by atoms with Gasteiger partial charge in [-0.25, -0.2) is 0 Å². The van der Waals surface area contributed by atoms with E-state index in [2.05, 4.69) is 18.5 Å². The van der Waals surface area contributed by atoms with E-state index in [1.807, 2.05) is 11.8 Å². The molecule has 0 rings (SSSR count). The molecule has 3 N–H and O–H groups in total. The molecule has 0 aliphatic carbocycles. The second-order valence-electron chi connectivity index (χ2n) is 5.15. The zero-order chi connectivity index (χ0) is 14.3. The standard InChI is InChI=1S/C15H32N2OS/c1-3-14(10-11-16)8-9-15(18)17-12-6-4-5-7-13-19-2/h14H,3-13,16H2,1-2H3,(H,17,18). The highest BCUT2D eigenvalue weighted by Crippen LogP contribution is 2.14. The van der Waals surface area contributed by atoms with Crippen LogP contribution >= 0.6 is 11.8 Å². The first-order valence-electron chi connectivity index (χ1n) is 7.70. The number of amides is 1. The maximum Gasteiger partial charge on any atom is 0.220 e. The Morgan fingerprint density at radius 1 is 1.21 bits per heavy atom. The van der Waals surface area contributed by atoms with Crippen molar-refractivity contribution in [1.82, 2.24) is 5.32 Å². The Balaban J connectivity index is 3.38. The lowest BCUT2D eigenvalue weighted by Crippen LogP contribution is -2.25. The molecule has 0 aromatic rings. The topological polar surface area (TPSA) is 55.1 Å². The fourth-order valence-electron chi connectivity index (χ4n) is 2.16. The van der Waals surface area contributed by atoms with Crippen molar-refractivity contribution in [2.75, 3.05) is 25.1 Å². The number of carbonyl (C=O) groups excluding carboxylic acids is 1. The highest BCUT2D eigenvalue weighted by Gasteiger charge is 2.08. The van der Waals surface area contributed by atoms with Crippen LogP contribution in [-0.2, 0) is 4.79 Å². The molecule has 0 fully saturated rings. The van der Waals surface area contributed by atoms with E-state index in [0.717, 1.165) is 38.8 Å². The van der Waals surface area contributed by atoms with Gasteiger partial charge in [-0.3, -0.25) is 4.79 Å². The van der Waals surface area contributed by atoms with E-state index in [9.17, 15) is 4.79 Å². The summed E-state index contributed by atoms with van der Waals surface area (Å²) in [5.41, 5.74) is 5.56. The smallest absolute Gasteiger partial charge is 0.220 e. The summed E-state index contributed by atoms with van der Waals surface area (Å²) in [7, 11) is 0. The highest BCUT2D eigenvalue weighted by molar-refractivity contribution is 7.98. The van der Waals surface area contributed by atoms with E-state index in [1.54, 1.807) is 0 Å². The van der Waals surface area contributed by atoms with Crippen LogP contribution < -0.4 is 11.1 Å². The lowest BCUT2D eigenvalue weighted by molar-refractivity contribution is -0.121. The van der Waals surface area contributed by atoms with Crippen molar-refractivity contribution in [3.8, 4) is 0 Å². The maximum atomic E-state index is 11.7. The Morgan fingerprint density at radius 2 is 1.95 bits per heavy atom. The number of thioether (sulfide) groups is 1. The van der Waals surface area contributed by atoms with Gasteiger partial charge in [0.1, 0.15) is 0 Å². The molecule has 0 saturated heterocycles. The Kier molecular flexibility index (Phi) is 14.0. The fraction of sp³-hybridized carbons (Fsp3) is 0.933. The molecule has 0 aromatic heterocycles.